The SMILES string of the molecule is CCC1CCSC(NC2CCCC(C)(C)C2)=N1. The van der Waals surface area contributed by atoms with Crippen LogP contribution in [0.3, 0.4) is 0 Å². The van der Waals surface area contributed by atoms with Gasteiger partial charge in [-0.15, -0.1) is 0 Å². The van der Waals surface area contributed by atoms with Crippen LogP contribution < -0.4 is 5.32 Å². The van der Waals surface area contributed by atoms with E-state index >= 15 is 0 Å². The van der Waals surface area contributed by atoms with E-state index in [1.54, 1.807) is 0 Å². The molecule has 0 aromatic carbocycles. The molecule has 0 amide bonds. The first-order valence-corrected chi connectivity index (χ1v) is 8.05. The van der Waals surface area contributed by atoms with E-state index in [4.69, 9.17) is 4.99 Å². The quantitative estimate of drug-likeness (QED) is 0.810. The molecule has 2 aliphatic rings. The van der Waals surface area contributed by atoms with Crippen molar-refractivity contribution >= 4 is 16.9 Å². The van der Waals surface area contributed by atoms with Crippen LogP contribution >= 0.6 is 11.8 Å². The van der Waals surface area contributed by atoms with Crippen molar-refractivity contribution in [2.45, 2.75) is 71.4 Å². The molecule has 2 unspecified atom stereocenters. The highest BCUT2D eigenvalue weighted by atomic mass is 32.2. The molecule has 1 N–H and O–H groups in total. The van der Waals surface area contributed by atoms with Gasteiger partial charge in [-0.2, -0.15) is 0 Å². The molecule has 2 atom stereocenters. The lowest BCUT2D eigenvalue weighted by Crippen LogP contribution is -2.41. The fourth-order valence-corrected chi connectivity index (χ4v) is 3.99. The molecule has 0 radical (unpaired) electrons. The van der Waals surface area contributed by atoms with Gasteiger partial charge in [-0.05, 0) is 37.5 Å². The van der Waals surface area contributed by atoms with Crippen LogP contribution in [-0.4, -0.2) is 23.0 Å². The molecule has 0 aromatic rings. The second kappa shape index (κ2) is 5.64. The molecule has 98 valence electrons. The molecule has 0 spiro atoms. The van der Waals surface area contributed by atoms with Gasteiger partial charge in [0.2, 0.25) is 0 Å². The summed E-state index contributed by atoms with van der Waals surface area (Å²) in [4.78, 5) is 4.81. The first-order valence-electron chi connectivity index (χ1n) is 7.06. The fraction of sp³-hybridized carbons (Fsp3) is 0.929. The van der Waals surface area contributed by atoms with Gasteiger partial charge in [0.25, 0.3) is 0 Å². The molecule has 17 heavy (non-hydrogen) atoms. The minimum Gasteiger partial charge on any atom is -0.362 e. The average Bonchev–Trinajstić information content (AvgIpc) is 2.28. The predicted octanol–water partition coefficient (Wildman–Crippen LogP) is 3.82. The summed E-state index contributed by atoms with van der Waals surface area (Å²) in [5.41, 5.74) is 0.514. The third-order valence-corrected chi connectivity index (χ3v) is 4.93. The Labute approximate surface area is 110 Å². The van der Waals surface area contributed by atoms with Crippen molar-refractivity contribution in [3.05, 3.63) is 0 Å². The zero-order chi connectivity index (χ0) is 12.3. The zero-order valence-electron chi connectivity index (χ0n) is 11.5. The molecule has 0 bridgehead atoms. The van der Waals surface area contributed by atoms with Crippen molar-refractivity contribution in [1.82, 2.24) is 5.32 Å². The molecule has 2 nitrogen and oxygen atoms in total. The lowest BCUT2D eigenvalue weighted by Gasteiger charge is -2.36. The normalized spacial score (nSPS) is 33.0. The minimum absolute atomic E-state index is 0.514. The second-order valence-electron chi connectivity index (χ2n) is 6.24. The molecule has 1 saturated carbocycles. The summed E-state index contributed by atoms with van der Waals surface area (Å²) >= 11 is 1.91. The number of nitrogens with zero attached hydrogens (tertiary/aromatic N) is 1. The molecule has 1 aliphatic heterocycles. The van der Waals surface area contributed by atoms with E-state index in [9.17, 15) is 0 Å². The van der Waals surface area contributed by atoms with Crippen LogP contribution in [0.4, 0.5) is 0 Å². The molecule has 3 heteroatoms. The summed E-state index contributed by atoms with van der Waals surface area (Å²) < 4.78 is 0. The average molecular weight is 254 g/mol. The highest BCUT2D eigenvalue weighted by Gasteiger charge is 2.28. The van der Waals surface area contributed by atoms with Gasteiger partial charge in [0, 0.05) is 11.8 Å². The maximum atomic E-state index is 4.81. The second-order valence-corrected chi connectivity index (χ2v) is 7.32. The summed E-state index contributed by atoms with van der Waals surface area (Å²) in [6.45, 7) is 7.03. The van der Waals surface area contributed by atoms with Crippen LogP contribution in [0.5, 0.6) is 0 Å². The van der Waals surface area contributed by atoms with Crippen LogP contribution in [0.25, 0.3) is 0 Å². The number of amidine groups is 1. The Kier molecular flexibility index (Phi) is 4.40. The van der Waals surface area contributed by atoms with E-state index in [0.717, 1.165) is 0 Å². The number of thioether (sulfide) groups is 1. The van der Waals surface area contributed by atoms with E-state index in [0.29, 0.717) is 17.5 Å². The van der Waals surface area contributed by atoms with Gasteiger partial charge in [-0.25, -0.2) is 0 Å². The standard InChI is InChI=1S/C14H26N2S/c1-4-11-7-9-17-13(15-11)16-12-6-5-8-14(2,3)10-12/h11-12H,4-10H2,1-3H3,(H,15,16). The Morgan fingerprint density at radius 1 is 1.41 bits per heavy atom. The van der Waals surface area contributed by atoms with Gasteiger partial charge in [-0.3, -0.25) is 4.99 Å². The van der Waals surface area contributed by atoms with Crippen molar-refractivity contribution in [2.75, 3.05) is 5.75 Å². The molecular formula is C14H26N2S. The van der Waals surface area contributed by atoms with Gasteiger partial charge in [0.1, 0.15) is 0 Å². The molecule has 0 aromatic heterocycles. The number of rotatable bonds is 2. The van der Waals surface area contributed by atoms with Gasteiger partial charge >= 0.3 is 0 Å². The molecule has 2 rings (SSSR count). The Bertz CT molecular complexity index is 286. The smallest absolute Gasteiger partial charge is 0.157 e. The van der Waals surface area contributed by atoms with Crippen LogP contribution in [0.2, 0.25) is 0 Å². The van der Waals surface area contributed by atoms with Gasteiger partial charge < -0.3 is 5.32 Å². The molecule has 1 heterocycles. The van der Waals surface area contributed by atoms with E-state index in [1.165, 1.54) is 49.4 Å². The topological polar surface area (TPSA) is 24.4 Å². The third-order valence-electron chi connectivity index (χ3n) is 3.99. The van der Waals surface area contributed by atoms with Crippen LogP contribution in [0, 0.1) is 5.41 Å². The Hall–Kier alpha value is -0.180. The van der Waals surface area contributed by atoms with Gasteiger partial charge in [-0.1, -0.05) is 39.0 Å². The Morgan fingerprint density at radius 2 is 2.24 bits per heavy atom. The first kappa shape index (κ1) is 13.3. The summed E-state index contributed by atoms with van der Waals surface area (Å²) in [6.07, 6.45) is 7.79. The molecule has 0 saturated heterocycles. The monoisotopic (exact) mass is 254 g/mol. The Morgan fingerprint density at radius 3 is 2.94 bits per heavy atom. The summed E-state index contributed by atoms with van der Waals surface area (Å²) in [5.74, 6) is 1.24. The first-order chi connectivity index (χ1) is 8.09. The molecule has 1 fully saturated rings. The number of aliphatic imine (C=N–C) groups is 1. The maximum Gasteiger partial charge on any atom is 0.157 e. The largest absolute Gasteiger partial charge is 0.362 e. The molecule has 1 aliphatic carbocycles. The summed E-state index contributed by atoms with van der Waals surface area (Å²) in [7, 11) is 0. The fourth-order valence-electron chi connectivity index (χ4n) is 2.93. The van der Waals surface area contributed by atoms with E-state index in [-0.39, 0.29) is 0 Å². The van der Waals surface area contributed by atoms with Crippen molar-refractivity contribution in [3.8, 4) is 0 Å². The van der Waals surface area contributed by atoms with Crippen molar-refractivity contribution < 1.29 is 0 Å². The van der Waals surface area contributed by atoms with Crippen molar-refractivity contribution in [1.29, 1.82) is 0 Å². The lowest BCUT2D eigenvalue weighted by atomic mass is 9.75. The van der Waals surface area contributed by atoms with Crippen LogP contribution in [-0.2, 0) is 0 Å². The molecular weight excluding hydrogens is 228 g/mol. The van der Waals surface area contributed by atoms with Crippen LogP contribution in [0.15, 0.2) is 4.99 Å². The Balaban J connectivity index is 1.90. The maximum absolute atomic E-state index is 4.81. The highest BCUT2D eigenvalue weighted by Crippen LogP contribution is 2.35. The van der Waals surface area contributed by atoms with E-state index in [2.05, 4.69) is 26.1 Å². The van der Waals surface area contributed by atoms with E-state index in [1.807, 2.05) is 11.8 Å². The number of nitrogens with one attached hydrogen (secondary N) is 1. The van der Waals surface area contributed by atoms with E-state index < -0.39 is 0 Å². The summed E-state index contributed by atoms with van der Waals surface area (Å²) in [6, 6.07) is 1.22. The number of hydrogen-bond acceptors (Lipinski definition) is 3. The third kappa shape index (κ3) is 3.90. The van der Waals surface area contributed by atoms with Crippen molar-refractivity contribution in [2.24, 2.45) is 10.4 Å². The summed E-state index contributed by atoms with van der Waals surface area (Å²) in [5, 5.41) is 4.90. The predicted molar refractivity (Wildman–Crippen MR) is 77.8 cm³/mol. The minimum atomic E-state index is 0.514. The van der Waals surface area contributed by atoms with Gasteiger partial charge in [0.05, 0.1) is 6.04 Å². The highest BCUT2D eigenvalue weighted by molar-refractivity contribution is 8.13. The number of hydrogen-bond donors (Lipinski definition) is 1. The van der Waals surface area contributed by atoms with Gasteiger partial charge in [0.15, 0.2) is 5.17 Å². The van der Waals surface area contributed by atoms with Crippen LogP contribution in [0.1, 0.15) is 59.3 Å². The lowest BCUT2D eigenvalue weighted by molar-refractivity contribution is 0.211. The van der Waals surface area contributed by atoms with Crippen molar-refractivity contribution in [3.63, 3.8) is 0 Å². The zero-order valence-corrected chi connectivity index (χ0v) is 12.3.